The molecular formula is C21H28N4O2. The van der Waals surface area contributed by atoms with Crippen molar-refractivity contribution in [1.29, 1.82) is 0 Å². The van der Waals surface area contributed by atoms with Crippen LogP contribution in [0.1, 0.15) is 35.3 Å². The lowest BCUT2D eigenvalue weighted by atomic mass is 10.1. The van der Waals surface area contributed by atoms with Crippen LogP contribution in [0.2, 0.25) is 0 Å². The molecule has 0 unspecified atom stereocenters. The molecule has 2 amide bonds. The van der Waals surface area contributed by atoms with E-state index in [2.05, 4.69) is 39.3 Å². The van der Waals surface area contributed by atoms with Crippen LogP contribution in [-0.4, -0.2) is 40.9 Å². The van der Waals surface area contributed by atoms with Gasteiger partial charge in [-0.1, -0.05) is 17.7 Å². The van der Waals surface area contributed by atoms with Crippen LogP contribution in [0.15, 0.2) is 30.5 Å². The summed E-state index contributed by atoms with van der Waals surface area (Å²) in [5, 5.41) is 5.65. The minimum atomic E-state index is -0.209. The van der Waals surface area contributed by atoms with Crippen LogP contribution in [0, 0.1) is 20.8 Å². The molecule has 0 fully saturated rings. The van der Waals surface area contributed by atoms with E-state index in [9.17, 15) is 9.59 Å². The molecule has 1 aromatic heterocycles. The van der Waals surface area contributed by atoms with Crippen molar-refractivity contribution in [3.63, 3.8) is 0 Å². The van der Waals surface area contributed by atoms with Gasteiger partial charge < -0.3 is 15.2 Å². The van der Waals surface area contributed by atoms with Gasteiger partial charge in [-0.25, -0.2) is 0 Å². The minimum absolute atomic E-state index is 0.0236. The molecule has 27 heavy (non-hydrogen) atoms. The zero-order valence-electron chi connectivity index (χ0n) is 16.5. The van der Waals surface area contributed by atoms with Gasteiger partial charge in [-0.3, -0.25) is 14.5 Å². The molecule has 1 aliphatic rings. The highest BCUT2D eigenvalue weighted by atomic mass is 16.2. The Bertz CT molecular complexity index is 833. The molecular weight excluding hydrogens is 340 g/mol. The van der Waals surface area contributed by atoms with Crippen LogP contribution in [-0.2, 0) is 16.1 Å². The Morgan fingerprint density at radius 1 is 1.11 bits per heavy atom. The summed E-state index contributed by atoms with van der Waals surface area (Å²) < 4.78 is 2.22. The number of fused-ring (bicyclic) bond motifs is 1. The Labute approximate surface area is 160 Å². The van der Waals surface area contributed by atoms with Crippen molar-refractivity contribution < 1.29 is 9.59 Å². The number of hydrogen-bond acceptors (Lipinski definition) is 3. The zero-order valence-corrected chi connectivity index (χ0v) is 16.5. The van der Waals surface area contributed by atoms with Crippen LogP contribution >= 0.6 is 0 Å². The number of nitrogens with one attached hydrogen (secondary N) is 2. The van der Waals surface area contributed by atoms with Gasteiger partial charge in [0.15, 0.2) is 0 Å². The number of carbonyl (C=O) groups excluding carboxylic acids is 2. The molecule has 6 nitrogen and oxygen atoms in total. The van der Waals surface area contributed by atoms with Crippen LogP contribution in [0.5, 0.6) is 0 Å². The van der Waals surface area contributed by atoms with Crippen molar-refractivity contribution in [2.24, 2.45) is 0 Å². The van der Waals surface area contributed by atoms with Crippen LogP contribution in [0.4, 0.5) is 5.69 Å². The molecule has 2 aromatic rings. The summed E-state index contributed by atoms with van der Waals surface area (Å²) in [5.41, 5.74) is 5.26. The summed E-state index contributed by atoms with van der Waals surface area (Å²) in [6.07, 6.45) is 2.07. The maximum absolute atomic E-state index is 12.3. The van der Waals surface area contributed by atoms with Gasteiger partial charge in [0.05, 0.1) is 13.1 Å². The van der Waals surface area contributed by atoms with Gasteiger partial charge in [-0.2, -0.15) is 0 Å². The van der Waals surface area contributed by atoms with Crippen LogP contribution in [0.25, 0.3) is 0 Å². The van der Waals surface area contributed by atoms with E-state index in [1.807, 2.05) is 39.0 Å². The highest BCUT2D eigenvalue weighted by Gasteiger charge is 2.25. The monoisotopic (exact) mass is 368 g/mol. The predicted molar refractivity (Wildman–Crippen MR) is 107 cm³/mol. The Balaban J connectivity index is 1.50. The number of aromatic nitrogens is 1. The second-order valence-corrected chi connectivity index (χ2v) is 7.37. The number of nitrogens with zero attached hydrogens (tertiary/aromatic N) is 2. The number of hydrogen-bond donors (Lipinski definition) is 2. The lowest BCUT2D eigenvalue weighted by molar-refractivity contribution is -0.125. The normalized spacial score (nSPS) is 16.7. The quantitative estimate of drug-likeness (QED) is 0.852. The van der Waals surface area contributed by atoms with Gasteiger partial charge in [-0.05, 0) is 51.0 Å². The average Bonchev–Trinajstić information content (AvgIpc) is 3.08. The topological polar surface area (TPSA) is 66.4 Å². The molecule has 1 atom stereocenters. The molecule has 3 rings (SSSR count). The van der Waals surface area contributed by atoms with Gasteiger partial charge in [0.25, 0.3) is 0 Å². The molecule has 0 aliphatic carbocycles. The first-order valence-corrected chi connectivity index (χ1v) is 9.38. The summed E-state index contributed by atoms with van der Waals surface area (Å²) in [4.78, 5) is 26.7. The molecule has 2 N–H and O–H groups in total. The first-order chi connectivity index (χ1) is 12.8. The molecule has 0 saturated heterocycles. The third kappa shape index (κ3) is 4.39. The minimum Gasteiger partial charge on any atom is -0.349 e. The second kappa shape index (κ2) is 7.96. The largest absolute Gasteiger partial charge is 0.349 e. The van der Waals surface area contributed by atoms with E-state index in [4.69, 9.17) is 0 Å². The van der Waals surface area contributed by atoms with E-state index < -0.39 is 0 Å². The van der Waals surface area contributed by atoms with Gasteiger partial charge in [0.2, 0.25) is 11.8 Å². The molecule has 6 heteroatoms. The Morgan fingerprint density at radius 2 is 1.81 bits per heavy atom. The lowest BCUT2D eigenvalue weighted by Gasteiger charge is -2.34. The maximum Gasteiger partial charge on any atom is 0.243 e. The summed E-state index contributed by atoms with van der Waals surface area (Å²) in [6.45, 7) is 10.1. The first kappa shape index (κ1) is 19.2. The molecule has 0 spiro atoms. The average molecular weight is 368 g/mol. The molecule has 2 heterocycles. The highest BCUT2D eigenvalue weighted by Crippen LogP contribution is 2.24. The van der Waals surface area contributed by atoms with Gasteiger partial charge in [-0.15, -0.1) is 0 Å². The van der Waals surface area contributed by atoms with Crippen molar-refractivity contribution in [2.75, 3.05) is 25.0 Å². The molecule has 1 aromatic carbocycles. The Kier molecular flexibility index (Phi) is 5.65. The lowest BCUT2D eigenvalue weighted by Crippen LogP contribution is -2.44. The number of carbonyl (C=O) groups is 2. The number of rotatable bonds is 5. The number of anilines is 1. The predicted octanol–water partition coefficient (Wildman–Crippen LogP) is 2.54. The van der Waals surface area contributed by atoms with Crippen molar-refractivity contribution in [1.82, 2.24) is 14.8 Å². The van der Waals surface area contributed by atoms with E-state index in [0.29, 0.717) is 6.54 Å². The number of aryl methyl sites for hydroxylation is 3. The molecule has 1 aliphatic heterocycles. The maximum atomic E-state index is 12.3. The Morgan fingerprint density at radius 3 is 2.52 bits per heavy atom. The van der Waals surface area contributed by atoms with E-state index in [0.717, 1.165) is 35.5 Å². The third-order valence-electron chi connectivity index (χ3n) is 5.20. The summed E-state index contributed by atoms with van der Waals surface area (Å²) in [5.74, 6) is -0.340. The molecule has 144 valence electrons. The van der Waals surface area contributed by atoms with Crippen LogP contribution in [0.3, 0.4) is 0 Å². The summed E-state index contributed by atoms with van der Waals surface area (Å²) in [6, 6.07) is 8.39. The van der Waals surface area contributed by atoms with Crippen molar-refractivity contribution in [2.45, 2.75) is 40.3 Å². The van der Waals surface area contributed by atoms with E-state index in [1.165, 1.54) is 5.69 Å². The fourth-order valence-electron chi connectivity index (χ4n) is 3.82. The fourth-order valence-corrected chi connectivity index (χ4v) is 3.82. The van der Waals surface area contributed by atoms with Gasteiger partial charge >= 0.3 is 0 Å². The standard InChI is InChI=1S/C21H28N4O2/c1-14-10-15(2)21(16(3)11-14)23-19(26)12-22-20(27)13-25-9-8-24-7-5-6-18(24)17(25)4/h5-7,10-11,17H,8-9,12-13H2,1-4H3,(H,22,27)(H,23,26)/t17-/m1/s1. The van der Waals surface area contributed by atoms with Crippen molar-refractivity contribution in [3.8, 4) is 0 Å². The van der Waals surface area contributed by atoms with Gasteiger partial charge in [0.1, 0.15) is 0 Å². The van der Waals surface area contributed by atoms with Crippen molar-refractivity contribution in [3.05, 3.63) is 52.8 Å². The van der Waals surface area contributed by atoms with E-state index >= 15 is 0 Å². The number of benzene rings is 1. The summed E-state index contributed by atoms with van der Waals surface area (Å²) in [7, 11) is 0. The highest BCUT2D eigenvalue weighted by molar-refractivity contribution is 5.96. The first-order valence-electron chi connectivity index (χ1n) is 9.38. The molecule has 0 bridgehead atoms. The third-order valence-corrected chi connectivity index (χ3v) is 5.20. The van der Waals surface area contributed by atoms with Crippen molar-refractivity contribution >= 4 is 17.5 Å². The smallest absolute Gasteiger partial charge is 0.243 e. The van der Waals surface area contributed by atoms with E-state index in [-0.39, 0.29) is 24.4 Å². The molecule has 0 radical (unpaired) electrons. The molecule has 0 saturated carbocycles. The van der Waals surface area contributed by atoms with Crippen LogP contribution < -0.4 is 10.6 Å². The number of amides is 2. The van der Waals surface area contributed by atoms with Gasteiger partial charge in [0, 0.05) is 36.7 Å². The Hall–Kier alpha value is -2.60. The summed E-state index contributed by atoms with van der Waals surface area (Å²) >= 11 is 0. The van der Waals surface area contributed by atoms with E-state index in [1.54, 1.807) is 0 Å². The zero-order chi connectivity index (χ0) is 19.6. The second-order valence-electron chi connectivity index (χ2n) is 7.37. The fraction of sp³-hybridized carbons (Fsp3) is 0.429. The SMILES string of the molecule is Cc1cc(C)c(NC(=O)CNC(=O)CN2CCn3cccc3[C@H]2C)c(C)c1.